The Bertz CT molecular complexity index is 1190. The Labute approximate surface area is 217 Å². The fraction of sp³-hybridized carbons (Fsp3) is 0.393. The summed E-state index contributed by atoms with van der Waals surface area (Å²) >= 11 is 1.61. The van der Waals surface area contributed by atoms with Gasteiger partial charge in [-0.25, -0.2) is 9.48 Å². The first-order chi connectivity index (χ1) is 17.5. The molecule has 4 rings (SSSR count). The van der Waals surface area contributed by atoms with Crippen LogP contribution in [0.3, 0.4) is 0 Å². The highest BCUT2D eigenvalue weighted by molar-refractivity contribution is 7.99. The van der Waals surface area contributed by atoms with E-state index in [1.807, 2.05) is 61.5 Å². The predicted octanol–water partition coefficient (Wildman–Crippen LogP) is 6.24. The summed E-state index contributed by atoms with van der Waals surface area (Å²) < 4.78 is 13.4. The Balaban J connectivity index is 1.62. The lowest BCUT2D eigenvalue weighted by Crippen LogP contribution is -2.29. The fourth-order valence-electron chi connectivity index (χ4n) is 3.92. The van der Waals surface area contributed by atoms with Crippen LogP contribution >= 0.6 is 11.8 Å². The zero-order valence-electron chi connectivity index (χ0n) is 21.4. The van der Waals surface area contributed by atoms with Crippen LogP contribution in [-0.4, -0.2) is 33.1 Å². The van der Waals surface area contributed by atoms with E-state index in [1.165, 1.54) is 0 Å². The number of nitrogens with one attached hydrogen (secondary N) is 1. The zero-order chi connectivity index (χ0) is 25.5. The molecule has 190 valence electrons. The molecule has 36 heavy (non-hydrogen) atoms. The maximum Gasteiger partial charge on any atom is 0.338 e. The van der Waals surface area contributed by atoms with Gasteiger partial charge in [0.25, 0.3) is 0 Å². The monoisotopic (exact) mass is 506 g/mol. The Morgan fingerprint density at radius 2 is 1.89 bits per heavy atom. The van der Waals surface area contributed by atoms with Crippen LogP contribution < -0.4 is 10.1 Å². The zero-order valence-corrected chi connectivity index (χ0v) is 22.2. The molecule has 1 aliphatic rings. The molecule has 8 heteroatoms. The average molecular weight is 507 g/mol. The summed E-state index contributed by atoms with van der Waals surface area (Å²) in [6.07, 6.45) is 2.02. The van der Waals surface area contributed by atoms with Gasteiger partial charge in [0.15, 0.2) is 0 Å². The summed E-state index contributed by atoms with van der Waals surface area (Å²) in [4.78, 5) is 18.1. The predicted molar refractivity (Wildman–Crippen MR) is 143 cm³/mol. The van der Waals surface area contributed by atoms with Crippen LogP contribution in [0.2, 0.25) is 0 Å². The van der Waals surface area contributed by atoms with Crippen LogP contribution in [0.25, 0.3) is 0 Å². The lowest BCUT2D eigenvalue weighted by molar-refractivity contribution is -0.140. The van der Waals surface area contributed by atoms with Gasteiger partial charge in [-0.3, -0.25) is 0 Å². The average Bonchev–Trinajstić information content (AvgIpc) is 3.28. The third-order valence-electron chi connectivity index (χ3n) is 5.86. The minimum atomic E-state index is -0.460. The molecule has 1 atom stereocenters. The summed E-state index contributed by atoms with van der Waals surface area (Å²) in [6.45, 7) is 9.24. The van der Waals surface area contributed by atoms with Crippen LogP contribution in [0, 0.1) is 5.92 Å². The first kappa shape index (κ1) is 25.8. The summed E-state index contributed by atoms with van der Waals surface area (Å²) in [5.74, 6) is 2.56. The quantitative estimate of drug-likeness (QED) is 0.244. The van der Waals surface area contributed by atoms with Gasteiger partial charge in [0.1, 0.15) is 18.4 Å². The van der Waals surface area contributed by atoms with E-state index in [2.05, 4.69) is 31.1 Å². The van der Waals surface area contributed by atoms with E-state index in [0.29, 0.717) is 34.9 Å². The third-order valence-corrected chi connectivity index (χ3v) is 6.90. The molecule has 0 spiro atoms. The number of thioether (sulfide) groups is 1. The number of benzene rings is 2. The van der Waals surface area contributed by atoms with Crippen LogP contribution in [0.15, 0.2) is 71.0 Å². The molecular formula is C28H34N4O3S. The maximum atomic E-state index is 13.4. The topological polar surface area (TPSA) is 78.3 Å². The highest BCUT2D eigenvalue weighted by Crippen LogP contribution is 2.37. The number of rotatable bonds is 11. The number of hydrogen-bond donors (Lipinski definition) is 1. The molecule has 0 saturated carbocycles. The molecule has 1 aromatic heterocycles. The summed E-state index contributed by atoms with van der Waals surface area (Å²) in [6, 6.07) is 17.1. The Morgan fingerprint density at radius 3 is 2.58 bits per heavy atom. The normalized spacial score (nSPS) is 15.0. The van der Waals surface area contributed by atoms with Crippen molar-refractivity contribution in [1.29, 1.82) is 0 Å². The van der Waals surface area contributed by atoms with Crippen LogP contribution in [0.4, 0.5) is 5.95 Å². The number of carbonyl (C=O) groups excluding carboxylic acids is 1. The van der Waals surface area contributed by atoms with Gasteiger partial charge in [0, 0.05) is 11.4 Å². The van der Waals surface area contributed by atoms with E-state index >= 15 is 0 Å². The largest absolute Gasteiger partial charge is 0.494 e. The van der Waals surface area contributed by atoms with E-state index in [0.717, 1.165) is 35.5 Å². The number of anilines is 1. The molecule has 1 N–H and O–H groups in total. The summed E-state index contributed by atoms with van der Waals surface area (Å²) in [5.41, 5.74) is 3.08. The Morgan fingerprint density at radius 1 is 1.14 bits per heavy atom. The molecule has 2 aromatic carbocycles. The van der Waals surface area contributed by atoms with E-state index in [4.69, 9.17) is 14.6 Å². The van der Waals surface area contributed by atoms with Gasteiger partial charge < -0.3 is 14.8 Å². The summed E-state index contributed by atoms with van der Waals surface area (Å²) in [7, 11) is 0. The van der Waals surface area contributed by atoms with Gasteiger partial charge in [-0.05, 0) is 48.9 Å². The van der Waals surface area contributed by atoms with Crippen molar-refractivity contribution in [2.45, 2.75) is 58.3 Å². The van der Waals surface area contributed by atoms with Gasteiger partial charge in [-0.15, -0.1) is 5.10 Å². The van der Waals surface area contributed by atoms with E-state index < -0.39 is 6.04 Å². The fourth-order valence-corrected chi connectivity index (χ4v) is 4.60. The molecule has 0 saturated heterocycles. The standard InChI is InChI=1S/C28H34N4O3S/c1-5-17-36-28-30-27-29-20(4)24(26(33)35-18-21-9-7-6-8-10-21)25(32(27)31-28)22-11-13-23(14-12-22)34-16-15-19(2)3/h6-14,19,25H,5,15-18H2,1-4H3,(H,29,30,31). The molecule has 0 aliphatic carbocycles. The van der Waals surface area contributed by atoms with E-state index in [-0.39, 0.29) is 12.6 Å². The SMILES string of the molecule is CCCSc1nc2n(n1)C(c1ccc(OCCC(C)C)cc1)C(C(=O)OCc1ccccc1)=C(C)N2. The minimum Gasteiger partial charge on any atom is -0.494 e. The van der Waals surface area contributed by atoms with E-state index in [9.17, 15) is 4.79 Å². The van der Waals surface area contributed by atoms with Gasteiger partial charge in [0.05, 0.1) is 12.2 Å². The number of carbonyl (C=O) groups is 1. The number of nitrogens with zero attached hydrogens (tertiary/aromatic N) is 3. The second kappa shape index (κ2) is 12.1. The molecule has 0 radical (unpaired) electrons. The molecule has 0 fully saturated rings. The highest BCUT2D eigenvalue weighted by Gasteiger charge is 2.35. The molecule has 1 unspecified atom stereocenters. The first-order valence-corrected chi connectivity index (χ1v) is 13.5. The van der Waals surface area contributed by atoms with Crippen LogP contribution in [0.1, 0.15) is 57.7 Å². The lowest BCUT2D eigenvalue weighted by atomic mass is 9.95. The van der Waals surface area contributed by atoms with Crippen molar-refractivity contribution in [3.8, 4) is 5.75 Å². The van der Waals surface area contributed by atoms with Crippen molar-refractivity contribution in [2.24, 2.45) is 5.92 Å². The molecule has 1 aliphatic heterocycles. The molecule has 2 heterocycles. The molecular weight excluding hydrogens is 472 g/mol. The lowest BCUT2D eigenvalue weighted by Gasteiger charge is -2.28. The second-order valence-electron chi connectivity index (χ2n) is 9.24. The van der Waals surface area contributed by atoms with Crippen LogP contribution in [-0.2, 0) is 16.1 Å². The second-order valence-corrected chi connectivity index (χ2v) is 10.3. The molecule has 3 aromatic rings. The van der Waals surface area contributed by atoms with Crippen LogP contribution in [0.5, 0.6) is 5.75 Å². The van der Waals surface area contributed by atoms with Gasteiger partial charge in [0.2, 0.25) is 11.1 Å². The van der Waals surface area contributed by atoms with Crippen molar-refractivity contribution >= 4 is 23.7 Å². The van der Waals surface area contributed by atoms with Crippen molar-refractivity contribution in [3.05, 3.63) is 77.0 Å². The van der Waals surface area contributed by atoms with Gasteiger partial charge in [-0.2, -0.15) is 4.98 Å². The number of aromatic nitrogens is 3. The molecule has 0 amide bonds. The van der Waals surface area contributed by atoms with Crippen molar-refractivity contribution in [2.75, 3.05) is 17.7 Å². The first-order valence-electron chi connectivity index (χ1n) is 12.5. The van der Waals surface area contributed by atoms with Crippen molar-refractivity contribution < 1.29 is 14.3 Å². The van der Waals surface area contributed by atoms with Gasteiger partial charge in [-0.1, -0.05) is 75.0 Å². The summed E-state index contributed by atoms with van der Waals surface area (Å²) in [5, 5.41) is 8.71. The number of fused-ring (bicyclic) bond motifs is 1. The van der Waals surface area contributed by atoms with Gasteiger partial charge >= 0.3 is 5.97 Å². The van der Waals surface area contributed by atoms with Crippen molar-refractivity contribution in [1.82, 2.24) is 14.8 Å². The Hall–Kier alpha value is -3.26. The van der Waals surface area contributed by atoms with E-state index in [1.54, 1.807) is 16.4 Å². The number of allylic oxidation sites excluding steroid dienone is 1. The highest BCUT2D eigenvalue weighted by atomic mass is 32.2. The minimum absolute atomic E-state index is 0.202. The Kier molecular flexibility index (Phi) is 8.70. The molecule has 7 nitrogen and oxygen atoms in total. The number of ether oxygens (including phenoxy) is 2. The molecule has 0 bridgehead atoms. The number of esters is 1. The smallest absolute Gasteiger partial charge is 0.338 e. The number of hydrogen-bond acceptors (Lipinski definition) is 7. The third kappa shape index (κ3) is 6.29. The maximum absolute atomic E-state index is 13.4. The van der Waals surface area contributed by atoms with Crippen molar-refractivity contribution in [3.63, 3.8) is 0 Å².